The van der Waals surface area contributed by atoms with E-state index in [1.807, 2.05) is 24.3 Å². The zero-order valence-electron chi connectivity index (χ0n) is 14.0. The summed E-state index contributed by atoms with van der Waals surface area (Å²) >= 11 is 0. The van der Waals surface area contributed by atoms with Crippen LogP contribution in [-0.4, -0.2) is 40.0 Å². The van der Waals surface area contributed by atoms with Gasteiger partial charge >= 0.3 is 0 Å². The molecule has 2 aromatic rings. The van der Waals surface area contributed by atoms with E-state index in [1.165, 1.54) is 0 Å². The SMILES string of the molecule is CCCn1nccc1NC(=O)c1ccc(N2CCC(O)CC2)cc1. The van der Waals surface area contributed by atoms with E-state index in [0.717, 1.165) is 50.4 Å². The summed E-state index contributed by atoms with van der Waals surface area (Å²) in [6, 6.07) is 9.43. The smallest absolute Gasteiger partial charge is 0.256 e. The molecule has 0 radical (unpaired) electrons. The maximum Gasteiger partial charge on any atom is 0.256 e. The summed E-state index contributed by atoms with van der Waals surface area (Å²) in [7, 11) is 0. The van der Waals surface area contributed by atoms with Gasteiger partial charge in [-0.3, -0.25) is 4.79 Å². The number of piperidine rings is 1. The Kier molecular flexibility index (Phi) is 5.15. The summed E-state index contributed by atoms with van der Waals surface area (Å²) in [4.78, 5) is 14.6. The van der Waals surface area contributed by atoms with E-state index in [9.17, 15) is 9.90 Å². The molecule has 2 heterocycles. The highest BCUT2D eigenvalue weighted by molar-refractivity contribution is 6.04. The number of hydrogen-bond acceptors (Lipinski definition) is 4. The molecule has 1 aliphatic heterocycles. The Labute approximate surface area is 142 Å². The van der Waals surface area contributed by atoms with Crippen LogP contribution < -0.4 is 10.2 Å². The number of amides is 1. The van der Waals surface area contributed by atoms with Crippen molar-refractivity contribution in [1.82, 2.24) is 9.78 Å². The van der Waals surface area contributed by atoms with Gasteiger partial charge in [0.2, 0.25) is 0 Å². The molecule has 128 valence electrons. The summed E-state index contributed by atoms with van der Waals surface area (Å²) in [5.74, 6) is 0.587. The summed E-state index contributed by atoms with van der Waals surface area (Å²) < 4.78 is 1.80. The number of anilines is 2. The predicted octanol–water partition coefficient (Wildman–Crippen LogP) is 2.51. The highest BCUT2D eigenvalue weighted by Crippen LogP contribution is 2.21. The molecule has 6 heteroatoms. The number of aliphatic hydroxyl groups excluding tert-OH is 1. The number of rotatable bonds is 5. The summed E-state index contributed by atoms with van der Waals surface area (Å²) in [6.07, 6.45) is 4.07. The summed E-state index contributed by atoms with van der Waals surface area (Å²) in [5, 5.41) is 16.7. The number of benzene rings is 1. The predicted molar refractivity (Wildman–Crippen MR) is 94.4 cm³/mol. The summed E-state index contributed by atoms with van der Waals surface area (Å²) in [6.45, 7) is 4.56. The first-order valence-corrected chi connectivity index (χ1v) is 8.53. The van der Waals surface area contributed by atoms with E-state index in [0.29, 0.717) is 5.56 Å². The van der Waals surface area contributed by atoms with Crippen molar-refractivity contribution < 1.29 is 9.90 Å². The van der Waals surface area contributed by atoms with Gasteiger partial charge in [0.1, 0.15) is 5.82 Å². The van der Waals surface area contributed by atoms with E-state index in [-0.39, 0.29) is 12.0 Å². The van der Waals surface area contributed by atoms with Crippen LogP contribution in [0.25, 0.3) is 0 Å². The van der Waals surface area contributed by atoms with Crippen LogP contribution >= 0.6 is 0 Å². The van der Waals surface area contributed by atoms with Gasteiger partial charge in [0, 0.05) is 37.0 Å². The number of carbonyl (C=O) groups is 1. The first kappa shape index (κ1) is 16.5. The van der Waals surface area contributed by atoms with Crippen LogP contribution in [0.5, 0.6) is 0 Å². The molecule has 0 unspecified atom stereocenters. The molecule has 0 spiro atoms. The van der Waals surface area contributed by atoms with Gasteiger partial charge in [0.05, 0.1) is 12.3 Å². The Morgan fingerprint density at radius 1 is 1.25 bits per heavy atom. The first-order chi connectivity index (χ1) is 11.7. The zero-order valence-corrected chi connectivity index (χ0v) is 14.0. The minimum Gasteiger partial charge on any atom is -0.393 e. The molecule has 1 fully saturated rings. The van der Waals surface area contributed by atoms with Crippen molar-refractivity contribution >= 4 is 17.4 Å². The lowest BCUT2D eigenvalue weighted by atomic mass is 10.1. The number of aliphatic hydroxyl groups is 1. The Morgan fingerprint density at radius 2 is 1.96 bits per heavy atom. The third-order valence-corrected chi connectivity index (χ3v) is 4.35. The maximum absolute atomic E-state index is 12.4. The van der Waals surface area contributed by atoms with Crippen LogP contribution in [0, 0.1) is 0 Å². The molecule has 6 nitrogen and oxygen atoms in total. The maximum atomic E-state index is 12.4. The van der Waals surface area contributed by atoms with Crippen LogP contribution in [0.1, 0.15) is 36.5 Å². The lowest BCUT2D eigenvalue weighted by Crippen LogP contribution is -2.35. The Hall–Kier alpha value is -2.34. The van der Waals surface area contributed by atoms with Crippen LogP contribution in [0.4, 0.5) is 11.5 Å². The second kappa shape index (κ2) is 7.49. The lowest BCUT2D eigenvalue weighted by Gasteiger charge is -2.31. The van der Waals surface area contributed by atoms with Crippen molar-refractivity contribution in [3.63, 3.8) is 0 Å². The Morgan fingerprint density at radius 3 is 2.62 bits per heavy atom. The normalized spacial score (nSPS) is 15.5. The minimum atomic E-state index is -0.181. The van der Waals surface area contributed by atoms with Crippen LogP contribution in [-0.2, 0) is 6.54 Å². The minimum absolute atomic E-state index is 0.131. The van der Waals surface area contributed by atoms with Gasteiger partial charge in [-0.15, -0.1) is 0 Å². The van der Waals surface area contributed by atoms with Gasteiger partial charge in [-0.05, 0) is 43.5 Å². The molecule has 1 aromatic carbocycles. The van der Waals surface area contributed by atoms with E-state index < -0.39 is 0 Å². The van der Waals surface area contributed by atoms with Gasteiger partial charge < -0.3 is 15.3 Å². The van der Waals surface area contributed by atoms with E-state index in [1.54, 1.807) is 16.9 Å². The highest BCUT2D eigenvalue weighted by atomic mass is 16.3. The molecule has 0 aliphatic carbocycles. The fourth-order valence-corrected chi connectivity index (χ4v) is 2.97. The zero-order chi connectivity index (χ0) is 16.9. The number of carbonyl (C=O) groups excluding carboxylic acids is 1. The molecule has 0 bridgehead atoms. The van der Waals surface area contributed by atoms with Crippen molar-refractivity contribution in [3.8, 4) is 0 Å². The number of hydrogen-bond donors (Lipinski definition) is 2. The Balaban J connectivity index is 1.64. The number of nitrogens with one attached hydrogen (secondary N) is 1. The third-order valence-electron chi connectivity index (χ3n) is 4.35. The van der Waals surface area contributed by atoms with E-state index >= 15 is 0 Å². The number of nitrogens with zero attached hydrogens (tertiary/aromatic N) is 3. The third kappa shape index (κ3) is 3.76. The van der Waals surface area contributed by atoms with Crippen LogP contribution in [0.3, 0.4) is 0 Å². The topological polar surface area (TPSA) is 70.4 Å². The first-order valence-electron chi connectivity index (χ1n) is 8.53. The molecule has 0 saturated carbocycles. The van der Waals surface area contributed by atoms with Gasteiger partial charge in [-0.2, -0.15) is 5.10 Å². The average Bonchev–Trinajstić information content (AvgIpc) is 3.03. The number of aromatic nitrogens is 2. The van der Waals surface area contributed by atoms with Crippen molar-refractivity contribution in [3.05, 3.63) is 42.1 Å². The average molecular weight is 328 g/mol. The molecular weight excluding hydrogens is 304 g/mol. The molecular formula is C18H24N4O2. The number of aryl methyl sites for hydroxylation is 1. The van der Waals surface area contributed by atoms with E-state index in [2.05, 4.69) is 22.2 Å². The monoisotopic (exact) mass is 328 g/mol. The molecule has 1 aromatic heterocycles. The van der Waals surface area contributed by atoms with Gasteiger partial charge in [-0.25, -0.2) is 4.68 Å². The second-order valence-electron chi connectivity index (χ2n) is 6.16. The molecule has 24 heavy (non-hydrogen) atoms. The molecule has 3 rings (SSSR count). The van der Waals surface area contributed by atoms with Crippen molar-refractivity contribution in [2.45, 2.75) is 38.8 Å². The van der Waals surface area contributed by atoms with Crippen molar-refractivity contribution in [2.24, 2.45) is 0 Å². The molecule has 1 amide bonds. The van der Waals surface area contributed by atoms with Crippen LogP contribution in [0.15, 0.2) is 36.5 Å². The fraction of sp³-hybridized carbons (Fsp3) is 0.444. The standard InChI is InChI=1S/C18H24N4O2/c1-2-11-22-17(7-10-19-22)20-18(24)14-3-5-15(6-4-14)21-12-8-16(23)9-13-21/h3-7,10,16,23H,2,8-9,11-13H2,1H3,(H,20,24). The largest absolute Gasteiger partial charge is 0.393 e. The van der Waals surface area contributed by atoms with Gasteiger partial charge in [-0.1, -0.05) is 6.92 Å². The quantitative estimate of drug-likeness (QED) is 0.885. The van der Waals surface area contributed by atoms with Crippen molar-refractivity contribution in [2.75, 3.05) is 23.3 Å². The molecule has 1 aliphatic rings. The fourth-order valence-electron chi connectivity index (χ4n) is 2.97. The summed E-state index contributed by atoms with van der Waals surface area (Å²) in [5.41, 5.74) is 1.72. The molecule has 2 N–H and O–H groups in total. The highest BCUT2D eigenvalue weighted by Gasteiger charge is 2.17. The Bertz CT molecular complexity index is 673. The molecule has 1 saturated heterocycles. The lowest BCUT2D eigenvalue weighted by molar-refractivity contribution is 0.102. The van der Waals surface area contributed by atoms with E-state index in [4.69, 9.17) is 0 Å². The second-order valence-corrected chi connectivity index (χ2v) is 6.16. The van der Waals surface area contributed by atoms with Gasteiger partial charge in [0.15, 0.2) is 0 Å². The molecule has 0 atom stereocenters. The van der Waals surface area contributed by atoms with Crippen LogP contribution in [0.2, 0.25) is 0 Å². The van der Waals surface area contributed by atoms with Gasteiger partial charge in [0.25, 0.3) is 5.91 Å². The van der Waals surface area contributed by atoms with Crippen molar-refractivity contribution in [1.29, 1.82) is 0 Å².